The van der Waals surface area contributed by atoms with Gasteiger partial charge < -0.3 is 38.1 Å². The Morgan fingerprint density at radius 1 is 0.515 bits per heavy atom. The van der Waals surface area contributed by atoms with E-state index in [1.54, 1.807) is 75.7 Å². The maximum absolute atomic E-state index is 12.1. The number of rotatable bonds is 32. The molecular weight excluding hydrogens is 1310 g/mol. The second kappa shape index (κ2) is 41.9. The quantitative estimate of drug-likeness (QED) is 0.0201. The lowest BCUT2D eigenvalue weighted by Crippen LogP contribution is -2.25. The first kappa shape index (κ1) is 77.9. The molecule has 0 saturated heterocycles. The van der Waals surface area contributed by atoms with E-state index in [0.29, 0.717) is 107 Å². The van der Waals surface area contributed by atoms with Gasteiger partial charge in [-0.05, 0) is 122 Å². The highest BCUT2D eigenvalue weighted by molar-refractivity contribution is 7.14. The van der Waals surface area contributed by atoms with Crippen molar-refractivity contribution >= 4 is 74.4 Å². The molecule has 10 aromatic rings. The van der Waals surface area contributed by atoms with Crippen LogP contribution in [0.4, 0.5) is 0 Å². The van der Waals surface area contributed by atoms with Crippen molar-refractivity contribution in [1.29, 1.82) is 0 Å². The molecule has 1 amide bonds. The number of aromatic nitrogens is 5. The Balaban J connectivity index is 0.000000191. The molecule has 2 unspecified atom stereocenters. The van der Waals surface area contributed by atoms with Gasteiger partial charge in [0.05, 0.1) is 19.5 Å². The number of thiophene rings is 4. The summed E-state index contributed by atoms with van der Waals surface area (Å²) in [5.74, 6) is 4.44. The fourth-order valence-electron chi connectivity index (χ4n) is 9.28. The van der Waals surface area contributed by atoms with Crippen LogP contribution in [0.25, 0.3) is 53.9 Å². The number of aliphatic hydroxyl groups excluding tert-OH is 2. The minimum Gasteiger partial charge on any atom is -0.396 e. The lowest BCUT2D eigenvalue weighted by Gasteiger charge is -2.06. The van der Waals surface area contributed by atoms with E-state index in [9.17, 15) is 24.0 Å². The minimum absolute atomic E-state index is 0. The van der Waals surface area contributed by atoms with Crippen molar-refractivity contribution in [2.45, 2.75) is 171 Å². The van der Waals surface area contributed by atoms with Crippen LogP contribution in [0.2, 0.25) is 0 Å². The van der Waals surface area contributed by atoms with Crippen LogP contribution in [-0.4, -0.2) is 84.3 Å². The summed E-state index contributed by atoms with van der Waals surface area (Å²) < 4.78 is 26.0. The van der Waals surface area contributed by atoms with Gasteiger partial charge >= 0.3 is 0 Å². The molecule has 9 aromatic heterocycles. The Bertz CT molecular complexity index is 3870. The number of Topliss-reactive ketones (excluding diaryl/α,β-unsaturated/α-hetero) is 4. The Kier molecular flexibility index (Phi) is 33.6. The lowest BCUT2D eigenvalue weighted by molar-refractivity contribution is 0.0937. The molecule has 2 aliphatic carbocycles. The van der Waals surface area contributed by atoms with Crippen LogP contribution >= 0.6 is 45.3 Å². The van der Waals surface area contributed by atoms with Crippen molar-refractivity contribution in [2.75, 3.05) is 13.2 Å². The summed E-state index contributed by atoms with van der Waals surface area (Å²) in [6, 6.07) is 32.5. The van der Waals surface area contributed by atoms with E-state index < -0.39 is 0 Å². The second-order valence-electron chi connectivity index (χ2n) is 23.8. The van der Waals surface area contributed by atoms with Gasteiger partial charge in [0.25, 0.3) is 5.91 Å². The molecule has 12 rings (SSSR count). The van der Waals surface area contributed by atoms with Crippen molar-refractivity contribution in [3.8, 4) is 53.9 Å². The molecule has 2 aliphatic rings. The number of carbonyl (C=O) groups excluding carboxylic acids is 5. The predicted molar refractivity (Wildman–Crippen MR) is 387 cm³/mol. The number of unbranched alkanes of at least 4 members (excludes halogenated alkanes) is 7. The summed E-state index contributed by atoms with van der Waals surface area (Å²) in [7, 11) is 0. The minimum atomic E-state index is -0.144. The van der Waals surface area contributed by atoms with Crippen LogP contribution in [0.5, 0.6) is 0 Å². The van der Waals surface area contributed by atoms with E-state index in [1.807, 2.05) is 120 Å². The number of aryl methyl sites for hydroxylation is 1. The van der Waals surface area contributed by atoms with Crippen molar-refractivity contribution in [1.82, 2.24) is 31.1 Å². The SMILES string of the molecule is C.C.CC(/C=C/CCC(=O)c1cc(-c2cccs2)on1)CO.CC(CO)CCCCCCC(=O)c1cc(-c2cccs2)on1.CCCCCCCC(=O)c1cc(-c2cccs2)on1.Cc1ccc(-c2cc(C(=O)CC3CC3)no2)cc1.O=C(NC1CC1)c1cc(-c2cccs2)on1. The monoisotopic (exact) mass is 1400 g/mol. The molecule has 1 aromatic carbocycles. The number of nitrogens with one attached hydrogen (secondary N) is 1. The van der Waals surface area contributed by atoms with Crippen molar-refractivity contribution in [3.63, 3.8) is 0 Å². The van der Waals surface area contributed by atoms with Crippen LogP contribution < -0.4 is 5.32 Å². The molecular formula is C75H92N6O12S4. The van der Waals surface area contributed by atoms with Gasteiger partial charge in [-0.15, -0.1) is 45.3 Å². The summed E-state index contributed by atoms with van der Waals surface area (Å²) in [5, 5.41) is 47.8. The Labute approximate surface area is 584 Å². The van der Waals surface area contributed by atoms with Gasteiger partial charge in [0.1, 0.15) is 22.8 Å². The number of hydrogen-bond acceptors (Lipinski definition) is 21. The van der Waals surface area contributed by atoms with Crippen LogP contribution in [-0.2, 0) is 0 Å². The number of nitrogens with zero attached hydrogens (tertiary/aromatic N) is 5. The first-order valence-electron chi connectivity index (χ1n) is 32.6. The van der Waals surface area contributed by atoms with Gasteiger partial charge in [-0.2, -0.15) is 0 Å². The fourth-order valence-corrected chi connectivity index (χ4v) is 12.0. The third-order valence-corrected chi connectivity index (χ3v) is 18.9. The van der Waals surface area contributed by atoms with Crippen LogP contribution in [0, 0.1) is 24.7 Å². The molecule has 18 nitrogen and oxygen atoms in total. The highest BCUT2D eigenvalue weighted by atomic mass is 32.1. The number of carbonyl (C=O) groups is 5. The zero-order valence-corrected chi connectivity index (χ0v) is 57.5. The van der Waals surface area contributed by atoms with E-state index in [-0.39, 0.29) is 63.0 Å². The zero-order valence-electron chi connectivity index (χ0n) is 54.3. The van der Waals surface area contributed by atoms with Crippen LogP contribution in [0.1, 0.15) is 216 Å². The van der Waals surface area contributed by atoms with Crippen LogP contribution in [0.3, 0.4) is 0 Å². The molecule has 2 atom stereocenters. The average Bonchev–Trinajstić information content (AvgIpc) is 3.20. The molecule has 2 fully saturated rings. The smallest absolute Gasteiger partial charge is 0.273 e. The Morgan fingerprint density at radius 3 is 1.35 bits per heavy atom. The van der Waals surface area contributed by atoms with Crippen molar-refractivity contribution in [3.05, 3.63) is 171 Å². The first-order chi connectivity index (χ1) is 46.3. The van der Waals surface area contributed by atoms with Gasteiger partial charge in [-0.3, -0.25) is 24.0 Å². The number of ketones is 4. The average molecular weight is 1400 g/mol. The largest absolute Gasteiger partial charge is 0.396 e. The fraction of sp³-hybridized carbons (Fsp3) is 0.413. The molecule has 97 heavy (non-hydrogen) atoms. The van der Waals surface area contributed by atoms with Crippen molar-refractivity contribution < 1.29 is 56.8 Å². The Morgan fingerprint density at radius 2 is 0.928 bits per heavy atom. The number of amides is 1. The van der Waals surface area contributed by atoms with Gasteiger partial charge in [-0.1, -0.05) is 173 Å². The summed E-state index contributed by atoms with van der Waals surface area (Å²) >= 11 is 6.26. The molecule has 2 saturated carbocycles. The van der Waals surface area contributed by atoms with E-state index in [2.05, 4.69) is 44.9 Å². The topological polar surface area (TPSA) is 268 Å². The maximum Gasteiger partial charge on any atom is 0.273 e. The highest BCUT2D eigenvalue weighted by Gasteiger charge is 2.27. The van der Waals surface area contributed by atoms with Crippen LogP contribution in [0.15, 0.2) is 159 Å². The third kappa shape index (κ3) is 26.7. The molecule has 0 bridgehead atoms. The first-order valence-corrected chi connectivity index (χ1v) is 36.2. The van der Waals surface area contributed by atoms with E-state index in [0.717, 1.165) is 82.9 Å². The molecule has 9 heterocycles. The van der Waals surface area contributed by atoms with Crippen molar-refractivity contribution in [2.24, 2.45) is 17.8 Å². The molecule has 0 aliphatic heterocycles. The highest BCUT2D eigenvalue weighted by Crippen LogP contribution is 2.34. The molecule has 0 radical (unpaired) electrons. The lowest BCUT2D eigenvalue weighted by atomic mass is 10.0. The molecule has 22 heteroatoms. The van der Waals surface area contributed by atoms with E-state index in [1.165, 1.54) is 37.7 Å². The standard InChI is InChI=1S/C17H23NO3S.C15H17NO3S.C15H19NO2S.C15H15NO2.C11H10N2O2S.2CH4/c1-13(12-19)7-4-2-3-5-8-15(20)14-11-16(21-18-14)17-9-6-10-22-17;1-11(10-17)5-2-3-6-13(18)12-9-14(19-16-12)15-7-4-8-20-15;1-2-3-4-5-6-8-13(17)12-11-14(18-16-12)15-9-7-10-19-15;1-10-2-6-12(7-3-10)15-9-13(16-18-15)14(17)8-11-4-5-11;14-11(12-7-3-4-7)8-6-9(15-13-8)10-2-1-5-16-10;;/h6,9-11,13,19H,2-5,7-8,12H2,1H3;2,4-5,7-9,11,17H,3,6,10H2,1H3;7,9-11H,2-6,8H2,1H3;2-3,6-7,9,11H,4-5,8H2,1H3;1-2,5-7H,3-4H2,(H,12,14);2*1H4/b;5-2+;;;;;. The summed E-state index contributed by atoms with van der Waals surface area (Å²) in [4.78, 5) is 63.4. The normalized spacial score (nSPS) is 12.8. The second-order valence-corrected chi connectivity index (χ2v) is 27.6. The Hall–Kier alpha value is -8.12. The number of allylic oxidation sites excluding steroid dienone is 1. The summed E-state index contributed by atoms with van der Waals surface area (Å²) in [6.45, 7) is 8.58. The maximum atomic E-state index is 12.1. The van der Waals surface area contributed by atoms with E-state index in [4.69, 9.17) is 32.8 Å². The number of hydrogen-bond donors (Lipinski definition) is 3. The predicted octanol–water partition coefficient (Wildman–Crippen LogP) is 20.3. The molecule has 0 spiro atoms. The van der Waals surface area contributed by atoms with E-state index >= 15 is 0 Å². The summed E-state index contributed by atoms with van der Waals surface area (Å²) in [6.07, 6.45) is 22.0. The third-order valence-electron chi connectivity index (χ3n) is 15.4. The molecule has 3 N–H and O–H groups in total. The number of benzene rings is 1. The molecule has 518 valence electrons. The zero-order chi connectivity index (χ0) is 67.2. The van der Waals surface area contributed by atoms with Gasteiger partial charge in [0.15, 0.2) is 57.6 Å². The summed E-state index contributed by atoms with van der Waals surface area (Å²) in [5.41, 5.74) is 4.22. The van der Waals surface area contributed by atoms with Gasteiger partial charge in [-0.25, -0.2) is 0 Å². The van der Waals surface area contributed by atoms with Gasteiger partial charge in [0.2, 0.25) is 0 Å². The number of aliphatic hydroxyl groups is 2. The van der Waals surface area contributed by atoms with Gasteiger partial charge in [0, 0.05) is 80.8 Å².